The molecule has 3 nitrogen and oxygen atoms in total. The Hall–Kier alpha value is -1.35. The van der Waals surface area contributed by atoms with Crippen LogP contribution in [0.15, 0.2) is 18.2 Å². The predicted octanol–water partition coefficient (Wildman–Crippen LogP) is 3.08. The molecule has 0 saturated heterocycles. The van der Waals surface area contributed by atoms with E-state index in [-0.39, 0.29) is 6.10 Å². The molecular weight excluding hydrogens is 212 g/mol. The molecule has 0 fully saturated rings. The normalized spacial score (nSPS) is 19.9. The van der Waals surface area contributed by atoms with E-state index in [0.29, 0.717) is 12.5 Å². The molecule has 3 heteroatoms. The third-order valence-corrected chi connectivity index (χ3v) is 3.45. The number of benzene rings is 1. The van der Waals surface area contributed by atoms with Gasteiger partial charge in [-0.2, -0.15) is 0 Å². The maximum absolute atomic E-state index is 5.63. The van der Waals surface area contributed by atoms with Crippen LogP contribution >= 0.6 is 0 Å². The smallest absolute Gasteiger partial charge is 0.136 e. The third-order valence-electron chi connectivity index (χ3n) is 3.45. The van der Waals surface area contributed by atoms with Crippen LogP contribution in [0.5, 0.6) is 0 Å². The second-order valence-corrected chi connectivity index (χ2v) is 5.16. The van der Waals surface area contributed by atoms with Gasteiger partial charge < -0.3 is 9.30 Å². The number of aromatic nitrogens is 2. The fraction of sp³-hybridized carbons (Fsp3) is 0.500. The topological polar surface area (TPSA) is 27.1 Å². The largest absolute Gasteiger partial charge is 0.369 e. The highest BCUT2D eigenvalue weighted by molar-refractivity contribution is 5.77. The van der Waals surface area contributed by atoms with Crippen LogP contribution in [0.25, 0.3) is 11.0 Å². The van der Waals surface area contributed by atoms with Crippen molar-refractivity contribution in [3.8, 4) is 0 Å². The van der Waals surface area contributed by atoms with Crippen molar-refractivity contribution < 1.29 is 4.74 Å². The van der Waals surface area contributed by atoms with E-state index < -0.39 is 0 Å². The minimum Gasteiger partial charge on any atom is -0.369 e. The van der Waals surface area contributed by atoms with Crippen LogP contribution in [0.3, 0.4) is 0 Å². The number of ether oxygens (including phenoxy) is 1. The van der Waals surface area contributed by atoms with Gasteiger partial charge in [-0.05, 0) is 30.5 Å². The van der Waals surface area contributed by atoms with Crippen molar-refractivity contribution in [2.75, 3.05) is 0 Å². The quantitative estimate of drug-likeness (QED) is 0.752. The standard InChI is InChI=1S/C14H18N2O/c1-9(2)11-4-5-13-12(6-11)15-14-8-17-10(3)7-16(13)14/h4-6,9-10H,7-8H2,1-3H3. The van der Waals surface area contributed by atoms with Gasteiger partial charge in [-0.15, -0.1) is 0 Å². The molecule has 0 aliphatic carbocycles. The lowest BCUT2D eigenvalue weighted by Gasteiger charge is -2.21. The summed E-state index contributed by atoms with van der Waals surface area (Å²) in [6.07, 6.45) is 0.282. The van der Waals surface area contributed by atoms with E-state index in [9.17, 15) is 0 Å². The molecule has 1 aromatic carbocycles. The lowest BCUT2D eigenvalue weighted by atomic mass is 10.0. The molecule has 1 aliphatic rings. The zero-order valence-electron chi connectivity index (χ0n) is 10.6. The van der Waals surface area contributed by atoms with Gasteiger partial charge in [0.2, 0.25) is 0 Å². The van der Waals surface area contributed by atoms with E-state index >= 15 is 0 Å². The summed E-state index contributed by atoms with van der Waals surface area (Å²) in [5.41, 5.74) is 3.69. The summed E-state index contributed by atoms with van der Waals surface area (Å²) in [6, 6.07) is 6.61. The molecule has 1 aliphatic heterocycles. The molecule has 0 saturated carbocycles. The summed E-state index contributed by atoms with van der Waals surface area (Å²) < 4.78 is 7.91. The van der Waals surface area contributed by atoms with Gasteiger partial charge in [0.1, 0.15) is 12.4 Å². The first kappa shape index (κ1) is 10.8. The van der Waals surface area contributed by atoms with Gasteiger partial charge in [-0.25, -0.2) is 4.98 Å². The number of hydrogen-bond acceptors (Lipinski definition) is 2. The predicted molar refractivity (Wildman–Crippen MR) is 68.1 cm³/mol. The van der Waals surface area contributed by atoms with Crippen LogP contribution in [0.2, 0.25) is 0 Å². The molecule has 2 heterocycles. The molecule has 90 valence electrons. The molecule has 1 aromatic heterocycles. The van der Waals surface area contributed by atoms with Gasteiger partial charge in [0, 0.05) is 0 Å². The summed E-state index contributed by atoms with van der Waals surface area (Å²) >= 11 is 0. The average Bonchev–Trinajstić information content (AvgIpc) is 2.66. The van der Waals surface area contributed by atoms with Crippen molar-refractivity contribution in [1.82, 2.24) is 9.55 Å². The third kappa shape index (κ3) is 1.75. The summed E-state index contributed by atoms with van der Waals surface area (Å²) in [7, 11) is 0. The number of imidazole rings is 1. The zero-order valence-corrected chi connectivity index (χ0v) is 10.6. The Labute approximate surface area is 101 Å². The zero-order chi connectivity index (χ0) is 12.0. The number of hydrogen-bond donors (Lipinski definition) is 0. The highest BCUT2D eigenvalue weighted by Crippen LogP contribution is 2.25. The Morgan fingerprint density at radius 2 is 2.24 bits per heavy atom. The van der Waals surface area contributed by atoms with Gasteiger partial charge in [-0.1, -0.05) is 19.9 Å². The average molecular weight is 230 g/mol. The first-order valence-electron chi connectivity index (χ1n) is 6.26. The maximum Gasteiger partial charge on any atom is 0.136 e. The Morgan fingerprint density at radius 1 is 1.41 bits per heavy atom. The fourth-order valence-electron chi connectivity index (χ4n) is 2.40. The number of rotatable bonds is 1. The van der Waals surface area contributed by atoms with Crippen LogP contribution in [0, 0.1) is 0 Å². The molecule has 0 bridgehead atoms. The monoisotopic (exact) mass is 230 g/mol. The highest BCUT2D eigenvalue weighted by Gasteiger charge is 2.19. The van der Waals surface area contributed by atoms with Crippen LogP contribution < -0.4 is 0 Å². The molecule has 0 N–H and O–H groups in total. The van der Waals surface area contributed by atoms with Crippen LogP contribution in [-0.4, -0.2) is 15.7 Å². The molecule has 0 amide bonds. The Kier molecular flexibility index (Phi) is 2.44. The molecule has 2 aromatic rings. The summed E-state index contributed by atoms with van der Waals surface area (Å²) in [5, 5.41) is 0. The Bertz CT molecular complexity index is 557. The van der Waals surface area contributed by atoms with Crippen LogP contribution in [-0.2, 0) is 17.9 Å². The van der Waals surface area contributed by atoms with Crippen molar-refractivity contribution in [2.45, 2.75) is 45.9 Å². The second-order valence-electron chi connectivity index (χ2n) is 5.16. The van der Waals surface area contributed by atoms with E-state index in [1.807, 2.05) is 0 Å². The molecule has 1 unspecified atom stereocenters. The van der Waals surface area contributed by atoms with Crippen molar-refractivity contribution >= 4 is 11.0 Å². The van der Waals surface area contributed by atoms with Crippen molar-refractivity contribution in [1.29, 1.82) is 0 Å². The van der Waals surface area contributed by atoms with Crippen molar-refractivity contribution in [2.24, 2.45) is 0 Å². The molecule has 3 rings (SSSR count). The van der Waals surface area contributed by atoms with Gasteiger partial charge in [0.15, 0.2) is 0 Å². The molecule has 1 atom stereocenters. The fourth-order valence-corrected chi connectivity index (χ4v) is 2.40. The summed E-state index contributed by atoms with van der Waals surface area (Å²) in [5.74, 6) is 1.60. The number of fused-ring (bicyclic) bond motifs is 3. The van der Waals surface area contributed by atoms with E-state index in [2.05, 4.69) is 48.5 Å². The lowest BCUT2D eigenvalue weighted by molar-refractivity contribution is 0.0153. The SMILES string of the molecule is CC1Cn2c(nc3cc(C(C)C)ccc32)CO1. The van der Waals surface area contributed by atoms with Gasteiger partial charge in [-0.3, -0.25) is 0 Å². The first-order chi connectivity index (χ1) is 8.15. The van der Waals surface area contributed by atoms with Gasteiger partial charge in [0.25, 0.3) is 0 Å². The van der Waals surface area contributed by atoms with E-state index in [1.54, 1.807) is 0 Å². The minimum absolute atomic E-state index is 0.282. The minimum atomic E-state index is 0.282. The van der Waals surface area contributed by atoms with Gasteiger partial charge >= 0.3 is 0 Å². The Morgan fingerprint density at radius 3 is 3.00 bits per heavy atom. The molecule has 17 heavy (non-hydrogen) atoms. The van der Waals surface area contributed by atoms with Crippen molar-refractivity contribution in [3.63, 3.8) is 0 Å². The van der Waals surface area contributed by atoms with E-state index in [1.165, 1.54) is 11.1 Å². The van der Waals surface area contributed by atoms with Crippen LogP contribution in [0.4, 0.5) is 0 Å². The highest BCUT2D eigenvalue weighted by atomic mass is 16.5. The summed E-state index contributed by atoms with van der Waals surface area (Å²) in [6.45, 7) is 8.07. The second kappa shape index (κ2) is 3.84. The summed E-state index contributed by atoms with van der Waals surface area (Å²) in [4.78, 5) is 4.67. The van der Waals surface area contributed by atoms with E-state index in [4.69, 9.17) is 4.74 Å². The van der Waals surface area contributed by atoms with Gasteiger partial charge in [0.05, 0.1) is 23.7 Å². The lowest BCUT2D eigenvalue weighted by Crippen LogP contribution is -2.24. The molecule has 0 spiro atoms. The number of nitrogens with zero attached hydrogens (tertiary/aromatic N) is 2. The van der Waals surface area contributed by atoms with E-state index in [0.717, 1.165) is 17.9 Å². The van der Waals surface area contributed by atoms with Crippen molar-refractivity contribution in [3.05, 3.63) is 29.6 Å². The molecule has 0 radical (unpaired) electrons. The van der Waals surface area contributed by atoms with Crippen LogP contribution in [0.1, 0.15) is 38.1 Å². The maximum atomic E-state index is 5.63. The molecular formula is C14H18N2O. The first-order valence-corrected chi connectivity index (χ1v) is 6.26. The Balaban J connectivity index is 2.15.